The Bertz CT molecular complexity index is 3070. The highest BCUT2D eigenvalue weighted by molar-refractivity contribution is 6.15. The Hall–Kier alpha value is -6.78. The lowest BCUT2D eigenvalue weighted by Crippen LogP contribution is -2.14. The van der Waals surface area contributed by atoms with Crippen LogP contribution in [0.4, 0.5) is 34.1 Å². The second kappa shape index (κ2) is 15.4. The van der Waals surface area contributed by atoms with Gasteiger partial charge in [0.15, 0.2) is 0 Å². The first-order chi connectivity index (χ1) is 31.2. The van der Waals surface area contributed by atoms with Crippen molar-refractivity contribution in [3.8, 4) is 0 Å². The molecule has 10 aromatic rings. The molecular formula is C62H62N2O2. The molecule has 2 heterocycles. The molecular weight excluding hydrogens is 805 g/mol. The molecule has 0 aliphatic carbocycles. The summed E-state index contributed by atoms with van der Waals surface area (Å²) < 4.78 is 13.5. The third-order valence-electron chi connectivity index (χ3n) is 13.5. The van der Waals surface area contributed by atoms with Gasteiger partial charge in [0.2, 0.25) is 0 Å². The van der Waals surface area contributed by atoms with E-state index in [4.69, 9.17) is 8.83 Å². The van der Waals surface area contributed by atoms with Crippen LogP contribution in [-0.2, 0) is 21.7 Å². The molecule has 332 valence electrons. The maximum atomic E-state index is 6.75. The van der Waals surface area contributed by atoms with E-state index in [0.717, 1.165) is 88.8 Å². The molecule has 0 N–H and O–H groups in total. The summed E-state index contributed by atoms with van der Waals surface area (Å²) >= 11 is 0. The fraction of sp³-hybridized carbons (Fsp3) is 0.258. The van der Waals surface area contributed by atoms with Crippen LogP contribution in [0.15, 0.2) is 167 Å². The molecule has 0 saturated heterocycles. The van der Waals surface area contributed by atoms with E-state index in [1.165, 1.54) is 22.3 Å². The Morgan fingerprint density at radius 1 is 0.258 bits per heavy atom. The average Bonchev–Trinajstić information content (AvgIpc) is 3.80. The van der Waals surface area contributed by atoms with Crippen LogP contribution < -0.4 is 9.80 Å². The average molecular weight is 867 g/mol. The molecule has 4 nitrogen and oxygen atoms in total. The molecule has 0 aliphatic heterocycles. The lowest BCUT2D eigenvalue weighted by molar-refractivity contribution is 0.590. The van der Waals surface area contributed by atoms with Crippen LogP contribution in [0.2, 0.25) is 0 Å². The van der Waals surface area contributed by atoms with Crippen LogP contribution in [-0.4, -0.2) is 0 Å². The predicted octanol–water partition coefficient (Wildman–Crippen LogP) is 18.8. The van der Waals surface area contributed by atoms with Crippen molar-refractivity contribution in [2.75, 3.05) is 9.80 Å². The summed E-state index contributed by atoms with van der Waals surface area (Å²) in [6.45, 7) is 27.1. The van der Waals surface area contributed by atoms with Crippen molar-refractivity contribution < 1.29 is 8.83 Å². The lowest BCUT2D eigenvalue weighted by atomic mass is 9.86. The fourth-order valence-electron chi connectivity index (χ4n) is 9.39. The van der Waals surface area contributed by atoms with Crippen LogP contribution in [0.3, 0.4) is 0 Å². The van der Waals surface area contributed by atoms with Gasteiger partial charge in [-0.3, -0.25) is 0 Å². The topological polar surface area (TPSA) is 32.8 Å². The fourth-order valence-corrected chi connectivity index (χ4v) is 9.39. The Morgan fingerprint density at radius 2 is 0.500 bits per heavy atom. The van der Waals surface area contributed by atoms with Gasteiger partial charge in [-0.1, -0.05) is 132 Å². The van der Waals surface area contributed by atoms with Gasteiger partial charge in [0.25, 0.3) is 0 Å². The third kappa shape index (κ3) is 7.91. The highest BCUT2D eigenvalue weighted by Gasteiger charge is 2.23. The van der Waals surface area contributed by atoms with Crippen molar-refractivity contribution in [2.45, 2.75) is 105 Å². The van der Waals surface area contributed by atoms with Gasteiger partial charge in [-0.15, -0.1) is 0 Å². The highest BCUT2D eigenvalue weighted by atomic mass is 16.3. The summed E-state index contributed by atoms with van der Waals surface area (Å²) in [6.07, 6.45) is 0. The van der Waals surface area contributed by atoms with Gasteiger partial charge in [-0.2, -0.15) is 0 Å². The van der Waals surface area contributed by atoms with Gasteiger partial charge in [0.05, 0.1) is 0 Å². The number of benzene rings is 8. The van der Waals surface area contributed by atoms with Gasteiger partial charge in [0.1, 0.15) is 22.3 Å². The quantitative estimate of drug-likeness (QED) is 0.167. The summed E-state index contributed by atoms with van der Waals surface area (Å²) in [5.74, 6) is 0. The van der Waals surface area contributed by atoms with Gasteiger partial charge in [-0.05, 0) is 152 Å². The van der Waals surface area contributed by atoms with Crippen LogP contribution in [0.5, 0.6) is 0 Å². The van der Waals surface area contributed by atoms with Gasteiger partial charge < -0.3 is 18.6 Å². The monoisotopic (exact) mass is 866 g/mol. The van der Waals surface area contributed by atoms with E-state index in [9.17, 15) is 0 Å². The van der Waals surface area contributed by atoms with E-state index in [2.05, 4.69) is 251 Å². The number of hydrogen-bond acceptors (Lipinski definition) is 4. The zero-order valence-corrected chi connectivity index (χ0v) is 40.7. The molecule has 0 fully saturated rings. The van der Waals surface area contributed by atoms with E-state index < -0.39 is 0 Å². The number of fused-ring (bicyclic) bond motifs is 7. The molecule has 0 unspecified atom stereocenters. The van der Waals surface area contributed by atoms with Crippen LogP contribution in [0.25, 0.3) is 54.6 Å². The molecule has 0 saturated carbocycles. The van der Waals surface area contributed by atoms with E-state index in [-0.39, 0.29) is 21.7 Å². The first-order valence-electron chi connectivity index (χ1n) is 23.5. The molecule has 10 rings (SSSR count). The molecule has 66 heavy (non-hydrogen) atoms. The van der Waals surface area contributed by atoms with Crippen molar-refractivity contribution in [3.63, 3.8) is 0 Å². The summed E-state index contributed by atoms with van der Waals surface area (Å²) in [5.41, 5.74) is 15.4. The minimum absolute atomic E-state index is 0.0646. The van der Waals surface area contributed by atoms with Crippen LogP contribution in [0.1, 0.15) is 105 Å². The second-order valence-corrected chi connectivity index (χ2v) is 22.5. The Kier molecular flexibility index (Phi) is 10.1. The molecule has 4 heteroatoms. The van der Waals surface area contributed by atoms with Gasteiger partial charge >= 0.3 is 0 Å². The standard InChI is InChI=1S/C62H62N2O2/c1-59(2,3)41-13-21-45(22-14-41)63(46-23-15-42(16-24-46)60(4,5)6)49-29-31-51-53-33-39-36-56-54(34-40(39)35-55(53)65-57(51)37-49)52-32-30-50(38-58(52)66-56)64(47-25-17-43(18-26-47)61(7,8)9)48-27-19-44(20-28-48)62(10,11)12/h13-38H,1-12H3. The number of hydrogen-bond donors (Lipinski definition) is 0. The molecule has 0 atom stereocenters. The molecule has 0 aliphatic rings. The Morgan fingerprint density at radius 3 is 0.758 bits per heavy atom. The highest BCUT2D eigenvalue weighted by Crippen LogP contribution is 2.44. The Balaban J connectivity index is 1.04. The molecule has 0 radical (unpaired) electrons. The summed E-state index contributed by atoms with van der Waals surface area (Å²) in [4.78, 5) is 4.66. The summed E-state index contributed by atoms with van der Waals surface area (Å²) in [6, 6.07) is 58.1. The minimum atomic E-state index is 0.0646. The number of nitrogens with zero attached hydrogens (tertiary/aromatic N) is 2. The number of furan rings is 2. The SMILES string of the molecule is CC(C)(C)c1ccc(N(c2ccc(C(C)(C)C)cc2)c2ccc3c(c2)oc2cc4cc5c(cc4cc23)oc2cc(N(c3ccc(C(C)(C)C)cc3)c3ccc(C(C)(C)C)cc3)ccc25)cc1. The van der Waals surface area contributed by atoms with E-state index in [1.54, 1.807) is 0 Å². The van der Waals surface area contributed by atoms with Crippen molar-refractivity contribution in [3.05, 3.63) is 180 Å². The molecule has 2 aromatic heterocycles. The molecule has 0 amide bonds. The number of anilines is 6. The van der Waals surface area contributed by atoms with E-state index in [1.807, 2.05) is 0 Å². The van der Waals surface area contributed by atoms with E-state index in [0.29, 0.717) is 0 Å². The first kappa shape index (κ1) is 43.1. The lowest BCUT2D eigenvalue weighted by Gasteiger charge is -2.28. The second-order valence-electron chi connectivity index (χ2n) is 22.5. The third-order valence-corrected chi connectivity index (χ3v) is 13.5. The van der Waals surface area contributed by atoms with Crippen molar-refractivity contribution in [1.29, 1.82) is 0 Å². The Labute approximate surface area is 390 Å². The van der Waals surface area contributed by atoms with Crippen molar-refractivity contribution >= 4 is 88.8 Å². The molecule has 0 bridgehead atoms. The van der Waals surface area contributed by atoms with E-state index >= 15 is 0 Å². The minimum Gasteiger partial charge on any atom is -0.456 e. The van der Waals surface area contributed by atoms with Crippen molar-refractivity contribution in [1.82, 2.24) is 0 Å². The van der Waals surface area contributed by atoms with Crippen LogP contribution in [0, 0.1) is 0 Å². The molecule has 0 spiro atoms. The van der Waals surface area contributed by atoms with Crippen molar-refractivity contribution in [2.24, 2.45) is 0 Å². The number of rotatable bonds is 6. The van der Waals surface area contributed by atoms with Gasteiger partial charge in [0, 0.05) is 67.8 Å². The summed E-state index contributed by atoms with van der Waals surface area (Å²) in [5, 5.41) is 6.57. The van der Waals surface area contributed by atoms with Crippen LogP contribution >= 0.6 is 0 Å². The smallest absolute Gasteiger partial charge is 0.137 e. The first-order valence-corrected chi connectivity index (χ1v) is 23.5. The maximum Gasteiger partial charge on any atom is 0.137 e. The summed E-state index contributed by atoms with van der Waals surface area (Å²) in [7, 11) is 0. The maximum absolute atomic E-state index is 6.75. The largest absolute Gasteiger partial charge is 0.456 e. The zero-order chi connectivity index (χ0) is 46.5. The predicted molar refractivity (Wildman–Crippen MR) is 283 cm³/mol. The van der Waals surface area contributed by atoms with Gasteiger partial charge in [-0.25, -0.2) is 0 Å². The zero-order valence-electron chi connectivity index (χ0n) is 40.7. The molecule has 8 aromatic carbocycles. The normalized spacial score (nSPS) is 12.8.